The molecule has 0 aromatic carbocycles. The van der Waals surface area contributed by atoms with Gasteiger partial charge in [-0.2, -0.15) is 0 Å². The van der Waals surface area contributed by atoms with Crippen molar-refractivity contribution >= 4 is 5.96 Å². The molecular weight excluding hydrogens is 236 g/mol. The zero-order valence-electron chi connectivity index (χ0n) is 13.2. The zero-order chi connectivity index (χ0) is 14.1. The number of likely N-dealkylation sites (N-methyl/N-ethyl adjacent to an activating group) is 1. The van der Waals surface area contributed by atoms with Crippen molar-refractivity contribution in [1.29, 1.82) is 0 Å². The zero-order valence-corrected chi connectivity index (χ0v) is 13.2. The molecule has 19 heavy (non-hydrogen) atoms. The van der Waals surface area contributed by atoms with E-state index < -0.39 is 0 Å². The van der Waals surface area contributed by atoms with Crippen LogP contribution >= 0.6 is 0 Å². The molecule has 1 aliphatic carbocycles. The van der Waals surface area contributed by atoms with Crippen LogP contribution in [0.4, 0.5) is 0 Å². The highest BCUT2D eigenvalue weighted by molar-refractivity contribution is 5.79. The molecule has 1 aliphatic rings. The Morgan fingerprint density at radius 2 is 1.84 bits per heavy atom. The van der Waals surface area contributed by atoms with Gasteiger partial charge in [-0.1, -0.05) is 26.7 Å². The minimum Gasteiger partial charge on any atom is -0.356 e. The minimum atomic E-state index is 0.735. The van der Waals surface area contributed by atoms with Gasteiger partial charge < -0.3 is 15.5 Å². The van der Waals surface area contributed by atoms with Gasteiger partial charge in [-0.25, -0.2) is 0 Å². The molecule has 0 aliphatic heterocycles. The van der Waals surface area contributed by atoms with Crippen LogP contribution in [0.15, 0.2) is 4.99 Å². The Morgan fingerprint density at radius 3 is 2.42 bits per heavy atom. The molecular formula is C15H32N4. The Morgan fingerprint density at radius 1 is 1.21 bits per heavy atom. The Balaban J connectivity index is 2.11. The highest BCUT2D eigenvalue weighted by Crippen LogP contribution is 2.21. The van der Waals surface area contributed by atoms with Crippen LogP contribution in [-0.4, -0.2) is 50.6 Å². The van der Waals surface area contributed by atoms with Crippen molar-refractivity contribution in [2.75, 3.05) is 33.7 Å². The number of guanidine groups is 1. The van der Waals surface area contributed by atoms with Crippen LogP contribution in [0.25, 0.3) is 0 Å². The average Bonchev–Trinajstić information content (AvgIpc) is 2.90. The summed E-state index contributed by atoms with van der Waals surface area (Å²) in [4.78, 5) is 6.74. The largest absolute Gasteiger partial charge is 0.356 e. The normalized spacial score (nSPS) is 17.5. The summed E-state index contributed by atoms with van der Waals surface area (Å²) in [5.74, 6) is 1.67. The Bertz CT molecular complexity index is 257. The second kappa shape index (κ2) is 9.18. The lowest BCUT2D eigenvalue weighted by Crippen LogP contribution is -2.42. The number of aliphatic imine (C=N–C) groups is 1. The Hall–Kier alpha value is -0.770. The first kappa shape index (κ1) is 16.3. The van der Waals surface area contributed by atoms with Crippen molar-refractivity contribution in [2.45, 2.75) is 52.0 Å². The summed E-state index contributed by atoms with van der Waals surface area (Å²) >= 11 is 0. The van der Waals surface area contributed by atoms with Gasteiger partial charge in [0.1, 0.15) is 0 Å². The van der Waals surface area contributed by atoms with E-state index in [1.54, 1.807) is 0 Å². The molecule has 1 fully saturated rings. The van der Waals surface area contributed by atoms with Crippen LogP contribution < -0.4 is 10.6 Å². The number of nitrogens with zero attached hydrogens (tertiary/aromatic N) is 2. The maximum atomic E-state index is 4.26. The van der Waals surface area contributed by atoms with E-state index in [1.165, 1.54) is 32.1 Å². The van der Waals surface area contributed by atoms with Crippen LogP contribution in [0.1, 0.15) is 46.0 Å². The fourth-order valence-corrected chi connectivity index (χ4v) is 2.58. The summed E-state index contributed by atoms with van der Waals surface area (Å²) in [6.07, 6.45) is 6.74. The van der Waals surface area contributed by atoms with Crippen molar-refractivity contribution in [1.82, 2.24) is 15.5 Å². The van der Waals surface area contributed by atoms with E-state index >= 15 is 0 Å². The first-order chi connectivity index (χ1) is 9.13. The Labute approximate surface area is 119 Å². The van der Waals surface area contributed by atoms with Crippen molar-refractivity contribution < 1.29 is 0 Å². The van der Waals surface area contributed by atoms with Gasteiger partial charge in [0.2, 0.25) is 0 Å². The van der Waals surface area contributed by atoms with Crippen molar-refractivity contribution in [3.63, 3.8) is 0 Å². The molecule has 0 atom stereocenters. The number of hydrogen-bond donors (Lipinski definition) is 2. The van der Waals surface area contributed by atoms with Gasteiger partial charge in [0.05, 0.1) is 0 Å². The molecule has 112 valence electrons. The fourth-order valence-electron chi connectivity index (χ4n) is 2.58. The highest BCUT2D eigenvalue weighted by atomic mass is 15.2. The number of nitrogens with one attached hydrogen (secondary N) is 2. The molecule has 0 aromatic heterocycles. The van der Waals surface area contributed by atoms with Crippen LogP contribution in [-0.2, 0) is 0 Å². The highest BCUT2D eigenvalue weighted by Gasteiger charge is 2.18. The van der Waals surface area contributed by atoms with Crippen molar-refractivity contribution in [2.24, 2.45) is 10.9 Å². The smallest absolute Gasteiger partial charge is 0.191 e. The molecule has 0 amide bonds. The summed E-state index contributed by atoms with van der Waals surface area (Å²) in [6, 6.07) is 0.803. The summed E-state index contributed by atoms with van der Waals surface area (Å²) in [7, 11) is 4.08. The lowest BCUT2D eigenvalue weighted by atomic mass is 10.1. The minimum absolute atomic E-state index is 0.735. The molecule has 0 spiro atoms. The van der Waals surface area contributed by atoms with E-state index in [0.29, 0.717) is 0 Å². The molecule has 0 radical (unpaired) electrons. The van der Waals surface area contributed by atoms with Crippen LogP contribution in [0.5, 0.6) is 0 Å². The number of hydrogen-bond acceptors (Lipinski definition) is 2. The average molecular weight is 268 g/mol. The summed E-state index contributed by atoms with van der Waals surface area (Å²) in [6.45, 7) is 7.54. The van der Waals surface area contributed by atoms with Gasteiger partial charge in [-0.15, -0.1) is 0 Å². The summed E-state index contributed by atoms with van der Waals surface area (Å²) < 4.78 is 0. The molecule has 4 heteroatoms. The molecule has 1 saturated carbocycles. The predicted molar refractivity (Wildman–Crippen MR) is 83.7 cm³/mol. The van der Waals surface area contributed by atoms with Gasteiger partial charge >= 0.3 is 0 Å². The van der Waals surface area contributed by atoms with Gasteiger partial charge in [-0.05, 0) is 32.2 Å². The maximum absolute atomic E-state index is 4.26. The monoisotopic (exact) mass is 268 g/mol. The van der Waals surface area contributed by atoms with Gasteiger partial charge in [-0.3, -0.25) is 4.99 Å². The molecule has 0 bridgehead atoms. The maximum Gasteiger partial charge on any atom is 0.191 e. The van der Waals surface area contributed by atoms with Gasteiger partial charge in [0, 0.05) is 32.7 Å². The number of rotatable bonds is 7. The first-order valence-corrected chi connectivity index (χ1v) is 7.78. The van der Waals surface area contributed by atoms with Gasteiger partial charge in [0.15, 0.2) is 5.96 Å². The van der Waals surface area contributed by atoms with E-state index in [4.69, 9.17) is 0 Å². The first-order valence-electron chi connectivity index (χ1n) is 7.78. The fraction of sp³-hybridized carbons (Fsp3) is 0.933. The van der Waals surface area contributed by atoms with Gasteiger partial charge in [0.25, 0.3) is 0 Å². The molecule has 4 nitrogen and oxygen atoms in total. The predicted octanol–water partition coefficient (Wildman–Crippen LogP) is 2.07. The molecule has 0 unspecified atom stereocenters. The topological polar surface area (TPSA) is 39.7 Å². The third-order valence-corrected chi connectivity index (χ3v) is 3.94. The summed E-state index contributed by atoms with van der Waals surface area (Å²) in [5.41, 5.74) is 0. The van der Waals surface area contributed by atoms with E-state index in [9.17, 15) is 0 Å². The van der Waals surface area contributed by atoms with E-state index in [2.05, 4.69) is 41.4 Å². The van der Waals surface area contributed by atoms with Crippen molar-refractivity contribution in [3.05, 3.63) is 0 Å². The van der Waals surface area contributed by atoms with E-state index in [-0.39, 0.29) is 0 Å². The summed E-state index contributed by atoms with van der Waals surface area (Å²) in [5, 5.41) is 6.76. The van der Waals surface area contributed by atoms with Crippen LogP contribution in [0, 0.1) is 5.92 Å². The quantitative estimate of drug-likeness (QED) is 0.548. The third-order valence-electron chi connectivity index (χ3n) is 3.94. The van der Waals surface area contributed by atoms with E-state index in [1.807, 2.05) is 7.05 Å². The Kier molecular flexibility index (Phi) is 7.87. The molecule has 2 N–H and O–H groups in total. The SMILES string of the molecule is CN=C(NCCC(C)C)NCCN(C)C1CCCC1. The third kappa shape index (κ3) is 6.81. The molecule has 0 heterocycles. The molecule has 0 aromatic rings. The second-order valence-electron chi connectivity index (χ2n) is 6.03. The molecule has 0 saturated heterocycles. The lowest BCUT2D eigenvalue weighted by molar-refractivity contribution is 0.249. The van der Waals surface area contributed by atoms with Crippen LogP contribution in [0.3, 0.4) is 0 Å². The lowest BCUT2D eigenvalue weighted by Gasteiger charge is -2.24. The second-order valence-corrected chi connectivity index (χ2v) is 6.03. The molecule has 1 rings (SSSR count). The standard InChI is InChI=1S/C15H32N4/c1-13(2)9-10-17-15(16-3)18-11-12-19(4)14-7-5-6-8-14/h13-14H,5-12H2,1-4H3,(H2,16,17,18). The van der Waals surface area contributed by atoms with Crippen molar-refractivity contribution in [3.8, 4) is 0 Å². The van der Waals surface area contributed by atoms with E-state index in [0.717, 1.165) is 37.6 Å². The van der Waals surface area contributed by atoms with Crippen LogP contribution in [0.2, 0.25) is 0 Å².